The molecule has 0 radical (unpaired) electrons. The highest BCUT2D eigenvalue weighted by Gasteiger charge is 2.05. The van der Waals surface area contributed by atoms with E-state index in [4.69, 9.17) is 11.6 Å². The van der Waals surface area contributed by atoms with E-state index in [1.54, 1.807) is 18.5 Å². The molecule has 0 saturated heterocycles. The summed E-state index contributed by atoms with van der Waals surface area (Å²) in [4.78, 5) is 15.7. The standard InChI is InChI=1S/C8H9N7/c9-7-12-6(13-8(14-7)15-10)5-2-1-3-11-4-5/h1-4H,10H2,(H3,9,12,13,14,15). The molecular weight excluding hydrogens is 194 g/mol. The fourth-order valence-corrected chi connectivity index (χ4v) is 1.08. The molecular formula is C8H9N7. The number of pyridine rings is 1. The minimum Gasteiger partial charge on any atom is -0.368 e. The number of nitrogens with zero attached hydrogens (tertiary/aromatic N) is 4. The predicted molar refractivity (Wildman–Crippen MR) is 55.3 cm³/mol. The van der Waals surface area contributed by atoms with Crippen LogP contribution in [0.15, 0.2) is 24.5 Å². The molecule has 0 aliphatic carbocycles. The third kappa shape index (κ3) is 1.97. The fraction of sp³-hybridized carbons (Fsp3) is 0. The van der Waals surface area contributed by atoms with Gasteiger partial charge in [0.15, 0.2) is 5.82 Å². The summed E-state index contributed by atoms with van der Waals surface area (Å²) in [6.07, 6.45) is 3.30. The lowest BCUT2D eigenvalue weighted by atomic mass is 10.3. The molecule has 2 aromatic rings. The van der Waals surface area contributed by atoms with Crippen molar-refractivity contribution in [3.63, 3.8) is 0 Å². The summed E-state index contributed by atoms with van der Waals surface area (Å²) in [6, 6.07) is 3.60. The number of nitrogen functional groups attached to an aromatic ring is 2. The molecule has 0 atom stereocenters. The van der Waals surface area contributed by atoms with Gasteiger partial charge in [0.25, 0.3) is 0 Å². The quantitative estimate of drug-likeness (QED) is 0.457. The summed E-state index contributed by atoms with van der Waals surface area (Å²) >= 11 is 0. The third-order valence-corrected chi connectivity index (χ3v) is 1.70. The van der Waals surface area contributed by atoms with E-state index in [-0.39, 0.29) is 11.9 Å². The molecule has 0 aliphatic heterocycles. The van der Waals surface area contributed by atoms with E-state index in [0.717, 1.165) is 5.56 Å². The zero-order valence-corrected chi connectivity index (χ0v) is 7.75. The lowest BCUT2D eigenvalue weighted by molar-refractivity contribution is 1.05. The Morgan fingerprint density at radius 3 is 2.73 bits per heavy atom. The minimum atomic E-state index is 0.108. The lowest BCUT2D eigenvalue weighted by Gasteiger charge is -2.03. The Hall–Kier alpha value is -2.28. The summed E-state index contributed by atoms with van der Waals surface area (Å²) in [5.41, 5.74) is 8.56. The van der Waals surface area contributed by atoms with Crippen molar-refractivity contribution >= 4 is 11.9 Å². The Balaban J connectivity index is 2.49. The fourth-order valence-electron chi connectivity index (χ4n) is 1.08. The monoisotopic (exact) mass is 203 g/mol. The Kier molecular flexibility index (Phi) is 2.38. The van der Waals surface area contributed by atoms with Crippen molar-refractivity contribution in [2.75, 3.05) is 11.2 Å². The van der Waals surface area contributed by atoms with Crippen LogP contribution in [0.5, 0.6) is 0 Å². The first kappa shape index (κ1) is 9.28. The smallest absolute Gasteiger partial charge is 0.242 e. The second kappa shape index (κ2) is 3.84. The zero-order chi connectivity index (χ0) is 10.7. The largest absolute Gasteiger partial charge is 0.368 e. The Morgan fingerprint density at radius 2 is 2.07 bits per heavy atom. The van der Waals surface area contributed by atoms with Crippen molar-refractivity contribution in [3.8, 4) is 11.4 Å². The molecule has 7 nitrogen and oxygen atoms in total. The second-order valence-electron chi connectivity index (χ2n) is 2.73. The van der Waals surface area contributed by atoms with Crippen LogP contribution in [0.25, 0.3) is 11.4 Å². The third-order valence-electron chi connectivity index (χ3n) is 1.70. The summed E-state index contributed by atoms with van der Waals surface area (Å²) in [5.74, 6) is 5.96. The molecule has 0 saturated carbocycles. The molecule has 2 heterocycles. The molecule has 0 amide bonds. The first-order valence-electron chi connectivity index (χ1n) is 4.18. The molecule has 0 fully saturated rings. The summed E-state index contributed by atoms with van der Waals surface area (Å²) in [6.45, 7) is 0. The first-order valence-corrected chi connectivity index (χ1v) is 4.18. The van der Waals surface area contributed by atoms with Gasteiger partial charge < -0.3 is 5.73 Å². The lowest BCUT2D eigenvalue weighted by Crippen LogP contribution is -2.13. The molecule has 5 N–H and O–H groups in total. The molecule has 0 bridgehead atoms. The maximum atomic E-state index is 5.49. The van der Waals surface area contributed by atoms with Crippen LogP contribution in [0.1, 0.15) is 0 Å². The summed E-state index contributed by atoms with van der Waals surface area (Å²) in [7, 11) is 0. The molecule has 76 valence electrons. The SMILES string of the molecule is NNc1nc(N)nc(-c2cccnc2)n1. The minimum absolute atomic E-state index is 0.108. The van der Waals surface area contributed by atoms with Crippen LogP contribution in [0.3, 0.4) is 0 Å². The molecule has 0 spiro atoms. The van der Waals surface area contributed by atoms with Gasteiger partial charge >= 0.3 is 0 Å². The highest BCUT2D eigenvalue weighted by molar-refractivity contribution is 5.55. The molecule has 15 heavy (non-hydrogen) atoms. The van der Waals surface area contributed by atoms with Gasteiger partial charge in [-0.2, -0.15) is 15.0 Å². The average molecular weight is 203 g/mol. The number of hydrazine groups is 1. The van der Waals surface area contributed by atoms with Crippen molar-refractivity contribution in [2.45, 2.75) is 0 Å². The maximum absolute atomic E-state index is 5.49. The summed E-state index contributed by atoms with van der Waals surface area (Å²) < 4.78 is 0. The Labute approximate surface area is 85.6 Å². The van der Waals surface area contributed by atoms with Crippen LogP contribution in [0.4, 0.5) is 11.9 Å². The number of aromatic nitrogens is 4. The molecule has 7 heteroatoms. The van der Waals surface area contributed by atoms with Crippen LogP contribution in [-0.4, -0.2) is 19.9 Å². The van der Waals surface area contributed by atoms with Gasteiger partial charge in [-0.25, -0.2) is 5.84 Å². The van der Waals surface area contributed by atoms with Gasteiger partial charge in [-0.05, 0) is 12.1 Å². The second-order valence-corrected chi connectivity index (χ2v) is 2.73. The topological polar surface area (TPSA) is 116 Å². The van der Waals surface area contributed by atoms with Gasteiger partial charge in [-0.1, -0.05) is 0 Å². The number of rotatable bonds is 2. The van der Waals surface area contributed by atoms with Crippen molar-refractivity contribution in [2.24, 2.45) is 5.84 Å². The van der Waals surface area contributed by atoms with Crippen molar-refractivity contribution < 1.29 is 0 Å². The highest BCUT2D eigenvalue weighted by atomic mass is 15.3. The molecule has 2 aromatic heterocycles. The van der Waals surface area contributed by atoms with E-state index < -0.39 is 0 Å². The van der Waals surface area contributed by atoms with E-state index in [1.807, 2.05) is 6.07 Å². The van der Waals surface area contributed by atoms with Crippen molar-refractivity contribution in [1.82, 2.24) is 19.9 Å². The van der Waals surface area contributed by atoms with Gasteiger partial charge in [-0.15, -0.1) is 0 Å². The number of anilines is 2. The molecule has 0 unspecified atom stereocenters. The molecule has 2 rings (SSSR count). The van der Waals surface area contributed by atoms with E-state index in [9.17, 15) is 0 Å². The number of hydrogen-bond donors (Lipinski definition) is 3. The van der Waals surface area contributed by atoms with Crippen LogP contribution in [-0.2, 0) is 0 Å². The van der Waals surface area contributed by atoms with Crippen LogP contribution < -0.4 is 17.0 Å². The number of nitrogens with one attached hydrogen (secondary N) is 1. The highest BCUT2D eigenvalue weighted by Crippen LogP contribution is 2.14. The van der Waals surface area contributed by atoms with Gasteiger partial charge in [0.05, 0.1) is 0 Å². The molecule has 0 aliphatic rings. The normalized spacial score (nSPS) is 9.93. The zero-order valence-electron chi connectivity index (χ0n) is 7.75. The Morgan fingerprint density at radius 1 is 1.20 bits per heavy atom. The van der Waals surface area contributed by atoms with Crippen LogP contribution >= 0.6 is 0 Å². The number of hydrogen-bond acceptors (Lipinski definition) is 7. The number of nitrogens with two attached hydrogens (primary N) is 2. The van der Waals surface area contributed by atoms with Crippen LogP contribution in [0, 0.1) is 0 Å². The van der Waals surface area contributed by atoms with Gasteiger partial charge in [0, 0.05) is 18.0 Å². The van der Waals surface area contributed by atoms with Crippen molar-refractivity contribution in [3.05, 3.63) is 24.5 Å². The summed E-state index contributed by atoms with van der Waals surface area (Å²) in [5, 5.41) is 0. The average Bonchev–Trinajstić information content (AvgIpc) is 2.29. The van der Waals surface area contributed by atoms with E-state index in [2.05, 4.69) is 25.4 Å². The van der Waals surface area contributed by atoms with Gasteiger partial charge in [0.2, 0.25) is 11.9 Å². The Bertz CT molecular complexity index is 456. The van der Waals surface area contributed by atoms with Crippen LogP contribution in [0.2, 0.25) is 0 Å². The van der Waals surface area contributed by atoms with Gasteiger partial charge in [-0.3, -0.25) is 10.4 Å². The maximum Gasteiger partial charge on any atom is 0.242 e. The van der Waals surface area contributed by atoms with Gasteiger partial charge in [0.1, 0.15) is 0 Å². The van der Waals surface area contributed by atoms with E-state index in [0.29, 0.717) is 5.82 Å². The molecule has 0 aromatic carbocycles. The van der Waals surface area contributed by atoms with E-state index in [1.165, 1.54) is 0 Å². The first-order chi connectivity index (χ1) is 7.29. The predicted octanol–water partition coefficient (Wildman–Crippen LogP) is -0.199. The van der Waals surface area contributed by atoms with E-state index >= 15 is 0 Å². The van der Waals surface area contributed by atoms with Crippen molar-refractivity contribution in [1.29, 1.82) is 0 Å².